The lowest BCUT2D eigenvalue weighted by atomic mass is 9.99. The van der Waals surface area contributed by atoms with Gasteiger partial charge in [0.25, 0.3) is 5.91 Å². The summed E-state index contributed by atoms with van der Waals surface area (Å²) in [7, 11) is 2.09. The summed E-state index contributed by atoms with van der Waals surface area (Å²) in [5.74, 6) is -0.661. The van der Waals surface area contributed by atoms with Gasteiger partial charge >= 0.3 is 0 Å². The van der Waals surface area contributed by atoms with Gasteiger partial charge in [0.15, 0.2) is 0 Å². The lowest BCUT2D eigenvalue weighted by Crippen LogP contribution is -2.53. The molecule has 2 aliphatic heterocycles. The number of amides is 4. The van der Waals surface area contributed by atoms with Gasteiger partial charge in [0.1, 0.15) is 6.04 Å². The third-order valence-corrected chi connectivity index (χ3v) is 7.61. The van der Waals surface area contributed by atoms with Crippen LogP contribution in [0, 0.1) is 0 Å². The lowest BCUT2D eigenvalue weighted by molar-refractivity contribution is -0.135. The molecule has 1 N–H and O–H groups in total. The quantitative estimate of drug-likeness (QED) is 0.354. The standard InChI is InChI=1S/C30H40N4O4/c1-19(2)33(20(3)4)27(36)12-7-6-8-17-32(5)18-21-13-14-24-28-22(21)10-9-11-23(28)30(38)34(24)25-15-16-26(35)31-29(25)37/h9-11,13-14,19-20,25H,6-8,12,15-18H2,1-5H3,(H,31,35,37). The summed E-state index contributed by atoms with van der Waals surface area (Å²) in [5.41, 5.74) is 2.47. The second-order valence-electron chi connectivity index (χ2n) is 11.2. The van der Waals surface area contributed by atoms with E-state index in [0.29, 0.717) is 18.4 Å². The molecule has 1 fully saturated rings. The molecule has 2 heterocycles. The number of carbonyl (C=O) groups excluding carboxylic acids is 4. The third-order valence-electron chi connectivity index (χ3n) is 7.61. The van der Waals surface area contributed by atoms with E-state index in [1.165, 1.54) is 0 Å². The molecular weight excluding hydrogens is 480 g/mol. The van der Waals surface area contributed by atoms with E-state index in [-0.39, 0.29) is 36.2 Å². The van der Waals surface area contributed by atoms with E-state index in [0.717, 1.165) is 54.4 Å². The summed E-state index contributed by atoms with van der Waals surface area (Å²) in [6.45, 7) is 9.91. The normalized spacial score (nSPS) is 17.3. The molecule has 8 heteroatoms. The van der Waals surface area contributed by atoms with Crippen molar-refractivity contribution in [2.45, 2.75) is 90.9 Å². The highest BCUT2D eigenvalue weighted by atomic mass is 16.2. The minimum absolute atomic E-state index is 0.186. The summed E-state index contributed by atoms with van der Waals surface area (Å²) in [4.78, 5) is 55.9. The van der Waals surface area contributed by atoms with Gasteiger partial charge in [-0.25, -0.2) is 0 Å². The van der Waals surface area contributed by atoms with E-state index >= 15 is 0 Å². The van der Waals surface area contributed by atoms with E-state index < -0.39 is 11.9 Å². The molecule has 204 valence electrons. The van der Waals surface area contributed by atoms with Crippen molar-refractivity contribution in [1.82, 2.24) is 15.1 Å². The van der Waals surface area contributed by atoms with Crippen LogP contribution < -0.4 is 10.2 Å². The molecule has 8 nitrogen and oxygen atoms in total. The number of anilines is 1. The minimum Gasteiger partial charge on any atom is -0.338 e. The Balaban J connectivity index is 1.38. The Hall–Kier alpha value is -3.26. The highest BCUT2D eigenvalue weighted by molar-refractivity contribution is 6.27. The van der Waals surface area contributed by atoms with Gasteiger partial charge in [0.05, 0.1) is 5.69 Å². The fourth-order valence-corrected chi connectivity index (χ4v) is 5.95. The van der Waals surface area contributed by atoms with Crippen LogP contribution in [0.1, 0.15) is 82.1 Å². The summed E-state index contributed by atoms with van der Waals surface area (Å²) < 4.78 is 0. The van der Waals surface area contributed by atoms with Gasteiger partial charge in [-0.2, -0.15) is 0 Å². The number of unbranched alkanes of at least 4 members (excludes halogenated alkanes) is 2. The molecule has 0 radical (unpaired) electrons. The molecule has 0 bridgehead atoms. The number of benzene rings is 2. The van der Waals surface area contributed by atoms with Crippen molar-refractivity contribution >= 4 is 40.1 Å². The zero-order valence-electron chi connectivity index (χ0n) is 23.3. The third kappa shape index (κ3) is 5.60. The van der Waals surface area contributed by atoms with Crippen molar-refractivity contribution in [3.8, 4) is 0 Å². The smallest absolute Gasteiger partial charge is 0.259 e. The van der Waals surface area contributed by atoms with Gasteiger partial charge in [-0.05, 0) is 83.6 Å². The van der Waals surface area contributed by atoms with Crippen LogP contribution in [-0.4, -0.2) is 65.1 Å². The Morgan fingerprint density at radius 2 is 1.76 bits per heavy atom. The van der Waals surface area contributed by atoms with E-state index in [1.54, 1.807) is 4.90 Å². The summed E-state index contributed by atoms with van der Waals surface area (Å²) in [6, 6.07) is 9.48. The SMILES string of the molecule is CC(C)N(C(=O)CCCCCN(C)Cc1ccc2c3c(cccc13)C(=O)N2C1CCC(=O)NC1=O)C(C)C. The zero-order chi connectivity index (χ0) is 27.6. The van der Waals surface area contributed by atoms with Crippen molar-refractivity contribution in [3.05, 3.63) is 41.5 Å². The van der Waals surface area contributed by atoms with E-state index in [4.69, 9.17) is 0 Å². The van der Waals surface area contributed by atoms with Crippen molar-refractivity contribution in [1.29, 1.82) is 0 Å². The van der Waals surface area contributed by atoms with E-state index in [2.05, 4.69) is 45.0 Å². The van der Waals surface area contributed by atoms with Gasteiger partial charge in [-0.1, -0.05) is 24.6 Å². The highest BCUT2D eigenvalue weighted by Crippen LogP contribution is 2.41. The lowest BCUT2D eigenvalue weighted by Gasteiger charge is -2.31. The van der Waals surface area contributed by atoms with Crippen molar-refractivity contribution < 1.29 is 19.2 Å². The second kappa shape index (κ2) is 11.6. The fraction of sp³-hybridized carbons (Fsp3) is 0.533. The Kier molecular flexibility index (Phi) is 8.51. The molecule has 1 saturated heterocycles. The maximum Gasteiger partial charge on any atom is 0.259 e. The van der Waals surface area contributed by atoms with Crippen LogP contribution >= 0.6 is 0 Å². The summed E-state index contributed by atoms with van der Waals surface area (Å²) in [5, 5.41) is 4.27. The second-order valence-corrected chi connectivity index (χ2v) is 11.2. The largest absolute Gasteiger partial charge is 0.338 e. The van der Waals surface area contributed by atoms with Gasteiger partial charge in [-0.15, -0.1) is 0 Å². The van der Waals surface area contributed by atoms with Crippen LogP contribution in [0.3, 0.4) is 0 Å². The predicted octanol–water partition coefficient (Wildman–Crippen LogP) is 4.24. The summed E-state index contributed by atoms with van der Waals surface area (Å²) >= 11 is 0. The molecule has 1 unspecified atom stereocenters. The van der Waals surface area contributed by atoms with Gasteiger partial charge in [0, 0.05) is 42.4 Å². The Morgan fingerprint density at radius 1 is 1.03 bits per heavy atom. The maximum atomic E-state index is 13.3. The molecule has 2 aromatic carbocycles. The number of piperidine rings is 1. The van der Waals surface area contributed by atoms with Gasteiger partial charge < -0.3 is 9.80 Å². The molecule has 2 aliphatic rings. The van der Waals surface area contributed by atoms with Gasteiger partial charge in [-0.3, -0.25) is 29.4 Å². The molecule has 0 spiro atoms. The van der Waals surface area contributed by atoms with Crippen molar-refractivity contribution in [2.24, 2.45) is 0 Å². The number of carbonyl (C=O) groups is 4. The van der Waals surface area contributed by atoms with Crippen LogP contribution in [0.2, 0.25) is 0 Å². The van der Waals surface area contributed by atoms with Crippen LogP contribution in [0.15, 0.2) is 30.3 Å². The van der Waals surface area contributed by atoms with Crippen LogP contribution in [0.5, 0.6) is 0 Å². The first kappa shape index (κ1) is 27.8. The first-order valence-corrected chi connectivity index (χ1v) is 13.8. The van der Waals surface area contributed by atoms with Crippen LogP contribution in [0.4, 0.5) is 5.69 Å². The predicted molar refractivity (Wildman–Crippen MR) is 149 cm³/mol. The van der Waals surface area contributed by atoms with Crippen molar-refractivity contribution in [3.63, 3.8) is 0 Å². The van der Waals surface area contributed by atoms with Crippen LogP contribution in [-0.2, 0) is 20.9 Å². The molecule has 38 heavy (non-hydrogen) atoms. The molecule has 4 rings (SSSR count). The number of rotatable bonds is 11. The fourth-order valence-electron chi connectivity index (χ4n) is 5.95. The minimum atomic E-state index is -0.677. The molecule has 0 aliphatic carbocycles. The number of nitrogens with one attached hydrogen (secondary N) is 1. The summed E-state index contributed by atoms with van der Waals surface area (Å²) in [6.07, 6.45) is 4.05. The molecule has 2 aromatic rings. The topological polar surface area (TPSA) is 90.0 Å². The monoisotopic (exact) mass is 520 g/mol. The zero-order valence-corrected chi connectivity index (χ0v) is 23.3. The van der Waals surface area contributed by atoms with E-state index in [1.807, 2.05) is 35.2 Å². The number of nitrogens with zero attached hydrogens (tertiary/aromatic N) is 3. The average Bonchev–Trinajstić information content (AvgIpc) is 3.13. The van der Waals surface area contributed by atoms with Gasteiger partial charge in [0.2, 0.25) is 17.7 Å². The van der Waals surface area contributed by atoms with E-state index in [9.17, 15) is 19.2 Å². The molecule has 1 atom stereocenters. The average molecular weight is 521 g/mol. The number of hydrogen-bond donors (Lipinski definition) is 1. The molecular formula is C30H40N4O4. The molecule has 0 aromatic heterocycles. The maximum absolute atomic E-state index is 13.3. The van der Waals surface area contributed by atoms with Crippen molar-refractivity contribution in [2.75, 3.05) is 18.5 Å². The Morgan fingerprint density at radius 3 is 2.45 bits per heavy atom. The number of hydrogen-bond acceptors (Lipinski definition) is 5. The molecule has 0 saturated carbocycles. The molecule has 4 amide bonds. The first-order valence-electron chi connectivity index (χ1n) is 13.8. The Labute approximate surface area is 225 Å². The van der Waals surface area contributed by atoms with Crippen LogP contribution in [0.25, 0.3) is 10.8 Å². The Bertz CT molecular complexity index is 1230. The first-order chi connectivity index (χ1) is 18.1. The number of imide groups is 1. The highest BCUT2D eigenvalue weighted by Gasteiger charge is 2.40.